The molecule has 2 aromatic heterocycles. The number of aliphatic hydroxyl groups excluding tert-OH is 1. The Morgan fingerprint density at radius 3 is 2.60 bits per heavy atom. The lowest BCUT2D eigenvalue weighted by molar-refractivity contribution is 0.210. The Hall–Kier alpha value is -2.90. The first-order chi connectivity index (χ1) is 12.2. The number of para-hydroxylation sites is 1. The lowest BCUT2D eigenvalue weighted by atomic mass is 10.1. The molecule has 124 valence electrons. The normalized spacial score (nSPS) is 12.2. The van der Waals surface area contributed by atoms with Gasteiger partial charge in [-0.05, 0) is 29.8 Å². The molecule has 0 fully saturated rings. The molecule has 0 aliphatic heterocycles. The van der Waals surface area contributed by atoms with Crippen molar-refractivity contribution in [1.82, 2.24) is 15.0 Å². The van der Waals surface area contributed by atoms with E-state index in [4.69, 9.17) is 0 Å². The van der Waals surface area contributed by atoms with Gasteiger partial charge in [-0.3, -0.25) is 0 Å². The van der Waals surface area contributed by atoms with Gasteiger partial charge in [-0.25, -0.2) is 19.3 Å². The largest absolute Gasteiger partial charge is 0.380 e. The fourth-order valence-electron chi connectivity index (χ4n) is 2.50. The van der Waals surface area contributed by atoms with Crippen molar-refractivity contribution in [2.24, 2.45) is 0 Å². The molecule has 0 bridgehead atoms. The molecule has 7 heteroatoms. The van der Waals surface area contributed by atoms with E-state index in [0.717, 1.165) is 5.39 Å². The molecule has 25 heavy (non-hydrogen) atoms. The van der Waals surface area contributed by atoms with E-state index in [1.165, 1.54) is 35.6 Å². The monoisotopic (exact) mass is 352 g/mol. The number of benzene rings is 2. The Balaban J connectivity index is 1.80. The van der Waals surface area contributed by atoms with E-state index in [2.05, 4.69) is 20.3 Å². The number of thiazole rings is 1. The minimum absolute atomic E-state index is 0.239. The highest BCUT2D eigenvalue weighted by Gasteiger charge is 2.17. The van der Waals surface area contributed by atoms with Crippen LogP contribution in [0.1, 0.15) is 17.5 Å². The van der Waals surface area contributed by atoms with Gasteiger partial charge in [0.25, 0.3) is 0 Å². The van der Waals surface area contributed by atoms with Crippen molar-refractivity contribution in [2.75, 3.05) is 5.32 Å². The van der Waals surface area contributed by atoms with E-state index >= 15 is 0 Å². The van der Waals surface area contributed by atoms with Crippen LogP contribution in [0, 0.1) is 5.82 Å². The van der Waals surface area contributed by atoms with Crippen LogP contribution in [-0.2, 0) is 0 Å². The highest BCUT2D eigenvalue weighted by Crippen LogP contribution is 2.27. The predicted molar refractivity (Wildman–Crippen MR) is 95.4 cm³/mol. The molecular formula is C18H13FN4OS. The molecular weight excluding hydrogens is 339 g/mol. The van der Waals surface area contributed by atoms with Crippen LogP contribution in [0.3, 0.4) is 0 Å². The Bertz CT molecular complexity index is 1010. The molecule has 0 radical (unpaired) electrons. The molecule has 4 aromatic rings. The molecule has 1 unspecified atom stereocenters. The maximum atomic E-state index is 13.1. The van der Waals surface area contributed by atoms with E-state index in [1.807, 2.05) is 29.6 Å². The summed E-state index contributed by atoms with van der Waals surface area (Å²) in [7, 11) is 0. The number of nitrogens with zero attached hydrogens (tertiary/aromatic N) is 3. The molecule has 0 spiro atoms. The fraction of sp³-hybridized carbons (Fsp3) is 0.0556. The van der Waals surface area contributed by atoms with Crippen molar-refractivity contribution >= 4 is 33.9 Å². The number of anilines is 2. The first-order valence-corrected chi connectivity index (χ1v) is 8.50. The van der Waals surface area contributed by atoms with E-state index in [9.17, 15) is 9.50 Å². The number of hydrogen-bond acceptors (Lipinski definition) is 6. The van der Waals surface area contributed by atoms with E-state index in [1.54, 1.807) is 5.51 Å². The maximum Gasteiger partial charge on any atom is 0.164 e. The molecule has 1 atom stereocenters. The second-order valence-corrected chi connectivity index (χ2v) is 6.12. The summed E-state index contributed by atoms with van der Waals surface area (Å²) in [6.45, 7) is 0. The van der Waals surface area contributed by atoms with Gasteiger partial charge in [0.15, 0.2) is 5.82 Å². The van der Waals surface area contributed by atoms with Crippen LogP contribution in [0.2, 0.25) is 0 Å². The van der Waals surface area contributed by atoms with Gasteiger partial charge in [-0.2, -0.15) is 0 Å². The van der Waals surface area contributed by atoms with Crippen LogP contribution in [0.15, 0.2) is 59.4 Å². The molecule has 4 rings (SSSR count). The number of nitrogens with one attached hydrogen (secondary N) is 1. The van der Waals surface area contributed by atoms with Crippen molar-refractivity contribution in [3.63, 3.8) is 0 Å². The molecule has 5 nitrogen and oxygen atoms in total. The first-order valence-electron chi connectivity index (χ1n) is 7.56. The zero-order valence-electron chi connectivity index (χ0n) is 12.9. The quantitative estimate of drug-likeness (QED) is 0.580. The fourth-order valence-corrected chi connectivity index (χ4v) is 2.99. The smallest absolute Gasteiger partial charge is 0.164 e. The number of rotatable bonds is 4. The van der Waals surface area contributed by atoms with E-state index in [-0.39, 0.29) is 11.6 Å². The van der Waals surface area contributed by atoms with Gasteiger partial charge < -0.3 is 10.4 Å². The molecule has 0 amide bonds. The minimum Gasteiger partial charge on any atom is -0.380 e. The third-order valence-electron chi connectivity index (χ3n) is 3.73. The molecule has 0 aliphatic carbocycles. The summed E-state index contributed by atoms with van der Waals surface area (Å²) in [5.41, 5.74) is 2.95. The lowest BCUT2D eigenvalue weighted by Crippen LogP contribution is -2.08. The third-order valence-corrected chi connectivity index (χ3v) is 4.32. The summed E-state index contributed by atoms with van der Waals surface area (Å²) < 4.78 is 13.1. The summed E-state index contributed by atoms with van der Waals surface area (Å²) in [5.74, 6) is 1.12. The lowest BCUT2D eigenvalue weighted by Gasteiger charge is -2.13. The Morgan fingerprint density at radius 2 is 1.84 bits per heavy atom. The van der Waals surface area contributed by atoms with Crippen LogP contribution in [0.25, 0.3) is 10.9 Å². The Kier molecular flexibility index (Phi) is 4.09. The standard InChI is InChI=1S/C18H13FN4OS/c19-12-7-5-11(6-8-12)16(24)18-21-14-4-2-1-3-13(14)17(23-18)22-15-9-25-10-20-15/h1-10,16,24H,(H,21,22,23). The van der Waals surface area contributed by atoms with Gasteiger partial charge in [0, 0.05) is 10.8 Å². The number of fused-ring (bicyclic) bond motifs is 1. The van der Waals surface area contributed by atoms with Crippen LogP contribution >= 0.6 is 11.3 Å². The second kappa shape index (κ2) is 6.54. The van der Waals surface area contributed by atoms with Gasteiger partial charge in [0.1, 0.15) is 23.6 Å². The highest BCUT2D eigenvalue weighted by molar-refractivity contribution is 7.07. The van der Waals surface area contributed by atoms with Crippen molar-refractivity contribution < 1.29 is 9.50 Å². The number of aromatic nitrogens is 3. The molecule has 0 saturated heterocycles. The summed E-state index contributed by atoms with van der Waals surface area (Å²) in [6.07, 6.45) is -1.05. The van der Waals surface area contributed by atoms with Crippen LogP contribution < -0.4 is 5.32 Å². The van der Waals surface area contributed by atoms with Gasteiger partial charge in [0.05, 0.1) is 11.0 Å². The van der Waals surface area contributed by atoms with Crippen molar-refractivity contribution in [3.8, 4) is 0 Å². The average Bonchev–Trinajstić information content (AvgIpc) is 3.15. The van der Waals surface area contributed by atoms with Crippen molar-refractivity contribution in [1.29, 1.82) is 0 Å². The third kappa shape index (κ3) is 3.19. The van der Waals surface area contributed by atoms with Crippen LogP contribution in [0.5, 0.6) is 0 Å². The minimum atomic E-state index is -1.05. The van der Waals surface area contributed by atoms with Gasteiger partial charge in [-0.1, -0.05) is 24.3 Å². The molecule has 0 saturated carbocycles. The zero-order valence-corrected chi connectivity index (χ0v) is 13.7. The summed E-state index contributed by atoms with van der Waals surface area (Å²) in [6, 6.07) is 13.2. The first kappa shape index (κ1) is 15.6. The van der Waals surface area contributed by atoms with E-state index in [0.29, 0.717) is 22.7 Å². The Labute approximate surface area is 146 Å². The summed E-state index contributed by atoms with van der Waals surface area (Å²) >= 11 is 1.47. The van der Waals surface area contributed by atoms with Gasteiger partial charge >= 0.3 is 0 Å². The zero-order chi connectivity index (χ0) is 17.2. The molecule has 2 aromatic carbocycles. The topological polar surface area (TPSA) is 70.9 Å². The molecule has 2 heterocycles. The van der Waals surface area contributed by atoms with Crippen LogP contribution in [0.4, 0.5) is 16.0 Å². The maximum absolute atomic E-state index is 13.1. The van der Waals surface area contributed by atoms with Crippen molar-refractivity contribution in [3.05, 3.63) is 76.6 Å². The number of aliphatic hydroxyl groups is 1. The number of halogens is 1. The summed E-state index contributed by atoms with van der Waals surface area (Å²) in [5, 5.41) is 16.5. The SMILES string of the molecule is OC(c1ccc(F)cc1)c1nc(Nc2cscn2)c2ccccc2n1. The second-order valence-electron chi connectivity index (χ2n) is 5.40. The van der Waals surface area contributed by atoms with Crippen molar-refractivity contribution in [2.45, 2.75) is 6.10 Å². The highest BCUT2D eigenvalue weighted by atomic mass is 32.1. The molecule has 2 N–H and O–H groups in total. The van der Waals surface area contributed by atoms with E-state index < -0.39 is 6.10 Å². The summed E-state index contributed by atoms with van der Waals surface area (Å²) in [4.78, 5) is 13.1. The van der Waals surface area contributed by atoms with Gasteiger partial charge in [0.2, 0.25) is 0 Å². The predicted octanol–water partition coefficient (Wildman–Crippen LogP) is 4.05. The van der Waals surface area contributed by atoms with Gasteiger partial charge in [-0.15, -0.1) is 11.3 Å². The average molecular weight is 352 g/mol. The molecule has 0 aliphatic rings. The van der Waals surface area contributed by atoms with Crippen LogP contribution in [-0.4, -0.2) is 20.1 Å². The number of hydrogen-bond donors (Lipinski definition) is 2. The Morgan fingerprint density at radius 1 is 1.04 bits per heavy atom.